The first kappa shape index (κ1) is 14.5. The summed E-state index contributed by atoms with van der Waals surface area (Å²) >= 11 is 0. The second-order valence-corrected chi connectivity index (χ2v) is 5.89. The van der Waals surface area contributed by atoms with E-state index in [1.54, 1.807) is 0 Å². The second-order valence-electron chi connectivity index (χ2n) is 5.89. The second kappa shape index (κ2) is 7.06. The third kappa shape index (κ3) is 4.05. The molecule has 2 unspecified atom stereocenters. The Bertz CT molecular complexity index is 341. The third-order valence-electron chi connectivity index (χ3n) is 4.41. The molecule has 1 fully saturated rings. The lowest BCUT2D eigenvalue weighted by Crippen LogP contribution is -2.42. The number of nitrogens with zero attached hydrogens (tertiary/aromatic N) is 2. The molecule has 0 amide bonds. The molecule has 1 aromatic rings. The van der Waals surface area contributed by atoms with Crippen molar-refractivity contribution in [3.05, 3.63) is 18.0 Å². The normalized spacial score (nSPS) is 21.4. The van der Waals surface area contributed by atoms with Gasteiger partial charge in [-0.3, -0.25) is 5.10 Å². The van der Waals surface area contributed by atoms with E-state index >= 15 is 0 Å². The van der Waals surface area contributed by atoms with Crippen LogP contribution >= 0.6 is 0 Å². The van der Waals surface area contributed by atoms with Gasteiger partial charge in [0.25, 0.3) is 0 Å². The van der Waals surface area contributed by atoms with E-state index in [1.165, 1.54) is 44.5 Å². The number of hydrogen-bond acceptors (Lipinski definition) is 3. The summed E-state index contributed by atoms with van der Waals surface area (Å²) < 4.78 is 0. The van der Waals surface area contributed by atoms with Crippen molar-refractivity contribution in [2.24, 2.45) is 5.92 Å². The Labute approximate surface area is 117 Å². The number of aromatic nitrogens is 2. The molecule has 0 bridgehead atoms. The van der Waals surface area contributed by atoms with Gasteiger partial charge in [-0.05, 0) is 58.7 Å². The highest BCUT2D eigenvalue weighted by molar-refractivity contribution is 5.08. The number of hydrogen-bond donors (Lipinski definition) is 2. The molecule has 1 aliphatic heterocycles. The van der Waals surface area contributed by atoms with E-state index in [0.29, 0.717) is 12.1 Å². The Morgan fingerprint density at radius 1 is 1.42 bits per heavy atom. The molecular weight excluding hydrogens is 236 g/mol. The lowest BCUT2D eigenvalue weighted by atomic mass is 9.89. The summed E-state index contributed by atoms with van der Waals surface area (Å²) in [5, 5.41) is 10.6. The smallest absolute Gasteiger partial charge is 0.0534 e. The summed E-state index contributed by atoms with van der Waals surface area (Å²) in [6, 6.07) is 0.955. The number of aromatic amines is 1. The van der Waals surface area contributed by atoms with Crippen molar-refractivity contribution in [1.82, 2.24) is 20.4 Å². The average Bonchev–Trinajstić information content (AvgIpc) is 2.94. The SMILES string of the molecule is CCCN1CCC(C(C)NC(C)c2cn[nH]c2)CC1. The largest absolute Gasteiger partial charge is 0.307 e. The van der Waals surface area contributed by atoms with Crippen LogP contribution in [0.15, 0.2) is 12.4 Å². The Morgan fingerprint density at radius 2 is 2.16 bits per heavy atom. The molecule has 19 heavy (non-hydrogen) atoms. The molecule has 1 aliphatic rings. The van der Waals surface area contributed by atoms with Gasteiger partial charge in [0.15, 0.2) is 0 Å². The van der Waals surface area contributed by atoms with Crippen LogP contribution < -0.4 is 5.32 Å². The third-order valence-corrected chi connectivity index (χ3v) is 4.41. The van der Waals surface area contributed by atoms with Crippen LogP contribution in [-0.4, -0.2) is 40.8 Å². The zero-order chi connectivity index (χ0) is 13.7. The summed E-state index contributed by atoms with van der Waals surface area (Å²) in [5.41, 5.74) is 1.25. The Hall–Kier alpha value is -0.870. The van der Waals surface area contributed by atoms with Crippen LogP contribution in [0.4, 0.5) is 0 Å². The van der Waals surface area contributed by atoms with Crippen LogP contribution in [0.25, 0.3) is 0 Å². The van der Waals surface area contributed by atoms with Gasteiger partial charge in [-0.1, -0.05) is 6.92 Å². The highest BCUT2D eigenvalue weighted by Crippen LogP contribution is 2.22. The van der Waals surface area contributed by atoms with Crippen LogP contribution in [0.1, 0.15) is 51.6 Å². The van der Waals surface area contributed by atoms with Crippen molar-refractivity contribution in [2.75, 3.05) is 19.6 Å². The van der Waals surface area contributed by atoms with E-state index in [0.717, 1.165) is 5.92 Å². The van der Waals surface area contributed by atoms with Gasteiger partial charge in [0.2, 0.25) is 0 Å². The highest BCUT2D eigenvalue weighted by Gasteiger charge is 2.24. The molecule has 2 N–H and O–H groups in total. The van der Waals surface area contributed by atoms with E-state index in [1.807, 2.05) is 12.4 Å². The molecule has 0 saturated carbocycles. The molecule has 0 aliphatic carbocycles. The topological polar surface area (TPSA) is 44.0 Å². The van der Waals surface area contributed by atoms with Gasteiger partial charge < -0.3 is 10.2 Å². The van der Waals surface area contributed by atoms with E-state index in [-0.39, 0.29) is 0 Å². The molecule has 0 aromatic carbocycles. The summed E-state index contributed by atoms with van der Waals surface area (Å²) in [5.74, 6) is 0.808. The summed E-state index contributed by atoms with van der Waals surface area (Å²) in [7, 11) is 0. The van der Waals surface area contributed by atoms with E-state index < -0.39 is 0 Å². The Balaban J connectivity index is 1.76. The molecule has 0 radical (unpaired) electrons. The minimum atomic E-state index is 0.377. The van der Waals surface area contributed by atoms with E-state index in [4.69, 9.17) is 0 Å². The van der Waals surface area contributed by atoms with Crippen molar-refractivity contribution in [2.45, 2.75) is 52.1 Å². The van der Waals surface area contributed by atoms with Crippen molar-refractivity contribution < 1.29 is 0 Å². The number of rotatable bonds is 6. The van der Waals surface area contributed by atoms with Gasteiger partial charge in [0.05, 0.1) is 6.20 Å². The molecular formula is C15H28N4. The molecule has 2 rings (SSSR count). The van der Waals surface area contributed by atoms with Crippen molar-refractivity contribution in [3.8, 4) is 0 Å². The van der Waals surface area contributed by atoms with Gasteiger partial charge in [0.1, 0.15) is 0 Å². The summed E-state index contributed by atoms with van der Waals surface area (Å²) in [6.45, 7) is 10.6. The standard InChI is InChI=1S/C15H28N4/c1-4-7-19-8-5-14(6-9-19)12(2)18-13(3)15-10-16-17-11-15/h10-14,18H,4-9H2,1-3H3,(H,16,17). The highest BCUT2D eigenvalue weighted by atomic mass is 15.1. The predicted molar refractivity (Wildman–Crippen MR) is 79.1 cm³/mol. The summed E-state index contributed by atoms with van der Waals surface area (Å²) in [6.07, 6.45) is 7.82. The maximum atomic E-state index is 4.02. The van der Waals surface area contributed by atoms with Gasteiger partial charge in [0, 0.05) is 23.8 Å². The minimum absolute atomic E-state index is 0.377. The van der Waals surface area contributed by atoms with Crippen LogP contribution in [0.5, 0.6) is 0 Å². The zero-order valence-electron chi connectivity index (χ0n) is 12.5. The number of piperidine rings is 1. The van der Waals surface area contributed by atoms with Crippen molar-refractivity contribution >= 4 is 0 Å². The van der Waals surface area contributed by atoms with Crippen molar-refractivity contribution in [1.29, 1.82) is 0 Å². The molecule has 108 valence electrons. The Kier molecular flexibility index (Phi) is 5.40. The number of nitrogens with one attached hydrogen (secondary N) is 2. The average molecular weight is 264 g/mol. The maximum Gasteiger partial charge on any atom is 0.0534 e. The first-order valence-electron chi connectivity index (χ1n) is 7.67. The quantitative estimate of drug-likeness (QED) is 0.830. The zero-order valence-corrected chi connectivity index (χ0v) is 12.5. The van der Waals surface area contributed by atoms with Gasteiger partial charge >= 0.3 is 0 Å². The Morgan fingerprint density at radius 3 is 2.74 bits per heavy atom. The molecule has 4 nitrogen and oxygen atoms in total. The minimum Gasteiger partial charge on any atom is -0.307 e. The van der Waals surface area contributed by atoms with Gasteiger partial charge in [-0.15, -0.1) is 0 Å². The molecule has 2 atom stereocenters. The lowest BCUT2D eigenvalue weighted by molar-refractivity contribution is 0.159. The van der Waals surface area contributed by atoms with Crippen LogP contribution in [-0.2, 0) is 0 Å². The van der Waals surface area contributed by atoms with Gasteiger partial charge in [-0.2, -0.15) is 5.10 Å². The fourth-order valence-corrected chi connectivity index (χ4v) is 3.12. The van der Waals surface area contributed by atoms with E-state index in [2.05, 4.69) is 41.2 Å². The fraction of sp³-hybridized carbons (Fsp3) is 0.800. The number of likely N-dealkylation sites (tertiary alicyclic amines) is 1. The van der Waals surface area contributed by atoms with Crippen LogP contribution in [0.2, 0.25) is 0 Å². The monoisotopic (exact) mass is 264 g/mol. The molecule has 4 heteroatoms. The predicted octanol–water partition coefficient (Wildman–Crippen LogP) is 2.57. The lowest BCUT2D eigenvalue weighted by Gasteiger charge is -2.36. The van der Waals surface area contributed by atoms with E-state index in [9.17, 15) is 0 Å². The molecule has 1 saturated heterocycles. The summed E-state index contributed by atoms with van der Waals surface area (Å²) in [4.78, 5) is 2.60. The van der Waals surface area contributed by atoms with Crippen LogP contribution in [0.3, 0.4) is 0 Å². The molecule has 0 spiro atoms. The molecule has 2 heterocycles. The molecule has 1 aromatic heterocycles. The van der Waals surface area contributed by atoms with Crippen molar-refractivity contribution in [3.63, 3.8) is 0 Å². The maximum absolute atomic E-state index is 4.02. The first-order chi connectivity index (χ1) is 9.20. The van der Waals surface area contributed by atoms with Crippen LogP contribution in [0, 0.1) is 5.92 Å². The first-order valence-corrected chi connectivity index (χ1v) is 7.67. The van der Waals surface area contributed by atoms with Gasteiger partial charge in [-0.25, -0.2) is 0 Å². The fourth-order valence-electron chi connectivity index (χ4n) is 3.12. The number of H-pyrrole nitrogens is 1.